The van der Waals surface area contributed by atoms with Gasteiger partial charge in [0, 0.05) is 23.8 Å². The third-order valence-electron chi connectivity index (χ3n) is 6.89. The predicted molar refractivity (Wildman–Crippen MR) is 104 cm³/mol. The summed E-state index contributed by atoms with van der Waals surface area (Å²) < 4.78 is 5.03. The number of hydrogen-bond acceptors (Lipinski definition) is 8. The molecule has 164 valence electrons. The molecule has 2 bridgehead atoms. The number of Topliss-reactive ketones (excluding diaryl/α,β-unsaturated/α-hetero) is 1. The van der Waals surface area contributed by atoms with Gasteiger partial charge in [0.05, 0.1) is 5.41 Å². The number of aromatic hydroxyl groups is 2. The van der Waals surface area contributed by atoms with Crippen LogP contribution in [0.2, 0.25) is 0 Å². The number of benzene rings is 1. The molecule has 3 saturated carbocycles. The number of ether oxygens (including phenoxy) is 1. The van der Waals surface area contributed by atoms with Crippen molar-refractivity contribution in [1.29, 1.82) is 0 Å². The van der Waals surface area contributed by atoms with Crippen LogP contribution in [0.3, 0.4) is 0 Å². The number of carbonyl (C=O) groups excluding carboxylic acids is 2. The van der Waals surface area contributed by atoms with Crippen LogP contribution in [0, 0.1) is 27.4 Å². The van der Waals surface area contributed by atoms with E-state index >= 15 is 0 Å². The zero-order chi connectivity index (χ0) is 22.4. The second kappa shape index (κ2) is 7.45. The first kappa shape index (κ1) is 21.9. The van der Waals surface area contributed by atoms with Crippen LogP contribution in [-0.2, 0) is 24.6 Å². The second-order valence-corrected chi connectivity index (χ2v) is 9.24. The van der Waals surface area contributed by atoms with E-state index in [9.17, 15) is 29.9 Å². The van der Waals surface area contributed by atoms with Crippen molar-refractivity contribution in [2.24, 2.45) is 17.3 Å². The van der Waals surface area contributed by atoms with Crippen molar-refractivity contribution in [2.75, 3.05) is 13.2 Å². The van der Waals surface area contributed by atoms with Crippen molar-refractivity contribution in [3.05, 3.63) is 33.4 Å². The fourth-order valence-electron chi connectivity index (χ4n) is 4.90. The van der Waals surface area contributed by atoms with Crippen LogP contribution < -0.4 is 0 Å². The number of ketones is 1. The van der Waals surface area contributed by atoms with Crippen LogP contribution in [-0.4, -0.2) is 40.3 Å². The molecule has 0 heterocycles. The highest BCUT2D eigenvalue weighted by molar-refractivity contribution is 5.86. The van der Waals surface area contributed by atoms with Crippen molar-refractivity contribution in [1.82, 2.24) is 0 Å². The lowest BCUT2D eigenvalue weighted by Crippen LogP contribution is -2.56. The van der Waals surface area contributed by atoms with Crippen molar-refractivity contribution in [3.63, 3.8) is 0 Å². The van der Waals surface area contributed by atoms with Gasteiger partial charge in [0.25, 0.3) is 5.09 Å². The molecule has 0 amide bonds. The summed E-state index contributed by atoms with van der Waals surface area (Å²) in [6.45, 7) is 6.50. The Balaban J connectivity index is 1.81. The zero-order valence-corrected chi connectivity index (χ0v) is 17.5. The molecule has 0 spiro atoms. The summed E-state index contributed by atoms with van der Waals surface area (Å²) in [5.41, 5.74) is -0.737. The van der Waals surface area contributed by atoms with Gasteiger partial charge in [-0.2, -0.15) is 0 Å². The van der Waals surface area contributed by atoms with E-state index < -0.39 is 23.1 Å². The summed E-state index contributed by atoms with van der Waals surface area (Å²) in [6, 6.07) is 2.82. The predicted octanol–water partition coefficient (Wildman–Crippen LogP) is 2.85. The second-order valence-electron chi connectivity index (χ2n) is 9.24. The Kier molecular flexibility index (Phi) is 5.43. The Bertz CT molecular complexity index is 868. The van der Waals surface area contributed by atoms with Gasteiger partial charge < -0.3 is 19.8 Å². The summed E-state index contributed by atoms with van der Waals surface area (Å²) in [5.74, 6) is -0.922. The quantitative estimate of drug-likeness (QED) is 0.297. The molecule has 0 radical (unpaired) electrons. The Morgan fingerprint density at radius 3 is 2.37 bits per heavy atom. The highest BCUT2D eigenvalue weighted by Gasteiger charge is 2.59. The molecule has 9 nitrogen and oxygen atoms in total. The maximum absolute atomic E-state index is 12.5. The summed E-state index contributed by atoms with van der Waals surface area (Å²) in [7, 11) is 0. The first-order valence-electron chi connectivity index (χ1n) is 9.91. The molecular formula is C21H27NO8. The highest BCUT2D eigenvalue weighted by atomic mass is 17.0. The molecule has 3 fully saturated rings. The van der Waals surface area contributed by atoms with E-state index in [1.165, 1.54) is 12.1 Å². The summed E-state index contributed by atoms with van der Waals surface area (Å²) in [4.78, 5) is 39.2. The zero-order valence-electron chi connectivity index (χ0n) is 17.5. The van der Waals surface area contributed by atoms with Gasteiger partial charge in [-0.05, 0) is 49.3 Å². The maximum Gasteiger partial charge on any atom is 0.316 e. The molecule has 0 aromatic heterocycles. The lowest BCUT2D eigenvalue weighted by molar-refractivity contribution is -0.757. The standard InChI is InChI=1S/C21H27NO8/c1-20(2,19(26)29-5-6-30-22(27)28)11-7-16(24)18(17(25)8-11)12-9-15(23)14-10-13(12)21(14,3)4/h7-8,12-14,24-25H,5-6,9-10H2,1-4H3/t12-,13-,14+/m0/s1. The molecule has 1 aromatic rings. The van der Waals surface area contributed by atoms with Gasteiger partial charge in [0.1, 0.15) is 30.5 Å². The van der Waals surface area contributed by atoms with Gasteiger partial charge in [0.15, 0.2) is 0 Å². The van der Waals surface area contributed by atoms with E-state index in [2.05, 4.69) is 4.84 Å². The number of phenolic OH excluding ortho intramolecular Hbond substituents is 2. The van der Waals surface area contributed by atoms with E-state index in [0.717, 1.165) is 6.42 Å². The highest BCUT2D eigenvalue weighted by Crippen LogP contribution is 2.64. The molecule has 3 atom stereocenters. The van der Waals surface area contributed by atoms with Gasteiger partial charge in [-0.25, -0.2) is 0 Å². The minimum Gasteiger partial charge on any atom is -0.508 e. The van der Waals surface area contributed by atoms with Crippen LogP contribution >= 0.6 is 0 Å². The average molecular weight is 421 g/mol. The minimum absolute atomic E-state index is 0.0373. The average Bonchev–Trinajstić information content (AvgIpc) is 2.63. The first-order chi connectivity index (χ1) is 13.9. The van der Waals surface area contributed by atoms with E-state index in [4.69, 9.17) is 4.74 Å². The Morgan fingerprint density at radius 1 is 1.27 bits per heavy atom. The molecule has 3 aliphatic rings. The maximum atomic E-state index is 12.5. The molecule has 9 heteroatoms. The molecule has 0 unspecified atom stereocenters. The number of carbonyl (C=O) groups is 2. The molecule has 3 aliphatic carbocycles. The van der Waals surface area contributed by atoms with Crippen molar-refractivity contribution in [3.8, 4) is 11.5 Å². The van der Waals surface area contributed by atoms with Gasteiger partial charge in [-0.1, -0.05) is 13.8 Å². The van der Waals surface area contributed by atoms with Crippen molar-refractivity contribution in [2.45, 2.75) is 51.9 Å². The van der Waals surface area contributed by atoms with Gasteiger partial charge >= 0.3 is 5.97 Å². The van der Waals surface area contributed by atoms with Crippen molar-refractivity contribution < 1.29 is 34.5 Å². The molecule has 2 N–H and O–H groups in total. The van der Waals surface area contributed by atoms with Gasteiger partial charge in [-0.3, -0.25) is 9.59 Å². The third kappa shape index (κ3) is 3.57. The van der Waals surface area contributed by atoms with Crippen LogP contribution in [0.25, 0.3) is 0 Å². The largest absolute Gasteiger partial charge is 0.508 e. The number of esters is 1. The molecule has 1 aromatic carbocycles. The summed E-state index contributed by atoms with van der Waals surface area (Å²) in [5, 5.41) is 30.6. The smallest absolute Gasteiger partial charge is 0.316 e. The van der Waals surface area contributed by atoms with Crippen LogP contribution in [0.1, 0.15) is 57.6 Å². The molecule has 4 rings (SSSR count). The summed E-state index contributed by atoms with van der Waals surface area (Å²) >= 11 is 0. The minimum atomic E-state index is -1.23. The van der Waals surface area contributed by atoms with Crippen molar-refractivity contribution >= 4 is 11.8 Å². The summed E-state index contributed by atoms with van der Waals surface area (Å²) in [6.07, 6.45) is 1.03. The van der Waals surface area contributed by atoms with E-state index in [1.54, 1.807) is 13.8 Å². The fraction of sp³-hybridized carbons (Fsp3) is 0.619. The lowest BCUT2D eigenvalue weighted by atomic mass is 9.44. The molecule has 30 heavy (non-hydrogen) atoms. The topological polar surface area (TPSA) is 136 Å². The Morgan fingerprint density at radius 2 is 1.87 bits per heavy atom. The fourth-order valence-corrected chi connectivity index (χ4v) is 4.90. The number of rotatable bonds is 7. The van der Waals surface area contributed by atoms with E-state index in [-0.39, 0.29) is 53.5 Å². The Hall–Kier alpha value is -2.84. The van der Waals surface area contributed by atoms with E-state index in [0.29, 0.717) is 11.1 Å². The Labute approximate surface area is 174 Å². The third-order valence-corrected chi connectivity index (χ3v) is 6.89. The molecule has 0 aliphatic heterocycles. The van der Waals surface area contributed by atoms with Crippen LogP contribution in [0.4, 0.5) is 0 Å². The number of fused-ring (bicyclic) bond motifs is 2. The normalized spacial score (nSPS) is 24.7. The van der Waals surface area contributed by atoms with Crippen LogP contribution in [0.15, 0.2) is 12.1 Å². The SMILES string of the molecule is CC(C)(C(=O)OCCO[N+](=O)[O-])c1cc(O)c([C@H]2CC(=O)[C@H]3C[C@@H]2C3(C)C)c(O)c1. The first-order valence-corrected chi connectivity index (χ1v) is 9.91. The van der Waals surface area contributed by atoms with Gasteiger partial charge in [0.2, 0.25) is 0 Å². The van der Waals surface area contributed by atoms with Crippen LogP contribution in [0.5, 0.6) is 11.5 Å². The monoisotopic (exact) mass is 421 g/mol. The number of phenols is 2. The van der Waals surface area contributed by atoms with Gasteiger partial charge in [-0.15, -0.1) is 10.1 Å². The number of nitrogens with zero attached hydrogens (tertiary/aromatic N) is 1. The molecule has 0 saturated heterocycles. The molecular weight excluding hydrogens is 394 g/mol. The lowest BCUT2D eigenvalue weighted by Gasteiger charge is -2.59. The van der Waals surface area contributed by atoms with E-state index in [1.807, 2.05) is 13.8 Å². The number of hydrogen-bond donors (Lipinski definition) is 2.